The van der Waals surface area contributed by atoms with Gasteiger partial charge in [0.2, 0.25) is 0 Å². The van der Waals surface area contributed by atoms with Gasteiger partial charge in [-0.25, -0.2) is 0 Å². The highest BCUT2D eigenvalue weighted by molar-refractivity contribution is 9.10. The summed E-state index contributed by atoms with van der Waals surface area (Å²) in [6.07, 6.45) is 1.82. The SMILES string of the molecule is COc1cccc(CC(=O)c2ccoc2Br)c1. The first-order chi connectivity index (χ1) is 8.20. The molecule has 2 aromatic rings. The van der Waals surface area contributed by atoms with Crippen molar-refractivity contribution in [1.82, 2.24) is 0 Å². The lowest BCUT2D eigenvalue weighted by Crippen LogP contribution is -2.03. The molecule has 1 aromatic carbocycles. The molecule has 88 valence electrons. The van der Waals surface area contributed by atoms with E-state index in [-0.39, 0.29) is 5.78 Å². The number of ketones is 1. The first kappa shape index (κ1) is 11.9. The molecular formula is C13H11BrO3. The maximum absolute atomic E-state index is 12.0. The number of hydrogen-bond donors (Lipinski definition) is 0. The van der Waals surface area contributed by atoms with Crippen LogP contribution >= 0.6 is 15.9 Å². The van der Waals surface area contributed by atoms with Gasteiger partial charge in [0, 0.05) is 6.42 Å². The molecule has 0 atom stereocenters. The van der Waals surface area contributed by atoms with E-state index < -0.39 is 0 Å². The minimum absolute atomic E-state index is 0.0129. The van der Waals surface area contributed by atoms with E-state index in [0.717, 1.165) is 11.3 Å². The van der Waals surface area contributed by atoms with Crippen molar-refractivity contribution in [2.24, 2.45) is 0 Å². The highest BCUT2D eigenvalue weighted by atomic mass is 79.9. The molecule has 0 aliphatic rings. The van der Waals surface area contributed by atoms with Crippen LogP contribution in [0.15, 0.2) is 45.7 Å². The average Bonchev–Trinajstić information content (AvgIpc) is 2.76. The maximum Gasteiger partial charge on any atom is 0.179 e. The molecule has 0 fully saturated rings. The Bertz CT molecular complexity index is 531. The zero-order valence-corrected chi connectivity index (χ0v) is 10.9. The summed E-state index contributed by atoms with van der Waals surface area (Å²) in [5.41, 5.74) is 1.48. The Hall–Kier alpha value is -1.55. The Kier molecular flexibility index (Phi) is 3.64. The molecule has 17 heavy (non-hydrogen) atoms. The van der Waals surface area contributed by atoms with Gasteiger partial charge in [-0.2, -0.15) is 0 Å². The fraction of sp³-hybridized carbons (Fsp3) is 0.154. The van der Waals surface area contributed by atoms with Crippen LogP contribution in [-0.2, 0) is 6.42 Å². The first-order valence-electron chi connectivity index (χ1n) is 5.10. The lowest BCUT2D eigenvalue weighted by atomic mass is 10.1. The van der Waals surface area contributed by atoms with Gasteiger partial charge in [-0.3, -0.25) is 4.79 Å². The van der Waals surface area contributed by atoms with Gasteiger partial charge in [0.1, 0.15) is 5.75 Å². The topological polar surface area (TPSA) is 39.4 Å². The molecule has 0 saturated heterocycles. The Morgan fingerprint density at radius 2 is 2.24 bits per heavy atom. The zero-order valence-electron chi connectivity index (χ0n) is 9.27. The van der Waals surface area contributed by atoms with E-state index in [1.807, 2.05) is 24.3 Å². The van der Waals surface area contributed by atoms with Crippen LogP contribution in [0.2, 0.25) is 0 Å². The molecule has 0 bridgehead atoms. The number of hydrogen-bond acceptors (Lipinski definition) is 3. The Morgan fingerprint density at radius 3 is 2.88 bits per heavy atom. The second-order valence-corrected chi connectivity index (χ2v) is 4.28. The highest BCUT2D eigenvalue weighted by Crippen LogP contribution is 2.20. The van der Waals surface area contributed by atoms with E-state index in [9.17, 15) is 4.79 Å². The van der Waals surface area contributed by atoms with Crippen LogP contribution in [0.1, 0.15) is 15.9 Å². The Labute approximate surface area is 108 Å². The molecule has 1 aromatic heterocycles. The number of rotatable bonds is 4. The van der Waals surface area contributed by atoms with Crippen LogP contribution in [-0.4, -0.2) is 12.9 Å². The van der Waals surface area contributed by atoms with Gasteiger partial charge in [-0.1, -0.05) is 12.1 Å². The second kappa shape index (κ2) is 5.19. The molecule has 0 saturated carbocycles. The summed E-state index contributed by atoms with van der Waals surface area (Å²) >= 11 is 3.20. The van der Waals surface area contributed by atoms with Gasteiger partial charge < -0.3 is 9.15 Å². The Balaban J connectivity index is 2.16. The monoisotopic (exact) mass is 294 g/mol. The fourth-order valence-electron chi connectivity index (χ4n) is 1.56. The lowest BCUT2D eigenvalue weighted by molar-refractivity contribution is 0.0991. The van der Waals surface area contributed by atoms with E-state index in [1.54, 1.807) is 13.2 Å². The molecule has 4 heteroatoms. The van der Waals surface area contributed by atoms with Crippen molar-refractivity contribution < 1.29 is 13.9 Å². The van der Waals surface area contributed by atoms with Crippen LogP contribution in [0, 0.1) is 0 Å². The molecule has 0 unspecified atom stereocenters. The van der Waals surface area contributed by atoms with E-state index >= 15 is 0 Å². The molecular weight excluding hydrogens is 284 g/mol. The molecule has 0 radical (unpaired) electrons. The normalized spacial score (nSPS) is 10.2. The standard InChI is InChI=1S/C13H11BrO3/c1-16-10-4-2-3-9(7-10)8-12(15)11-5-6-17-13(11)14/h2-7H,8H2,1H3. The third-order valence-electron chi connectivity index (χ3n) is 2.42. The average molecular weight is 295 g/mol. The van der Waals surface area contributed by atoms with Gasteiger partial charge in [0.05, 0.1) is 18.9 Å². The van der Waals surface area contributed by atoms with Gasteiger partial charge in [0.25, 0.3) is 0 Å². The van der Waals surface area contributed by atoms with Crippen LogP contribution < -0.4 is 4.74 Å². The number of halogens is 1. The number of furan rings is 1. The summed E-state index contributed by atoms with van der Waals surface area (Å²) in [4.78, 5) is 12.0. The molecule has 0 aliphatic carbocycles. The minimum Gasteiger partial charge on any atom is -0.497 e. The predicted octanol–water partition coefficient (Wildman–Crippen LogP) is 3.48. The smallest absolute Gasteiger partial charge is 0.179 e. The van der Waals surface area contributed by atoms with Crippen LogP contribution in [0.4, 0.5) is 0 Å². The van der Waals surface area contributed by atoms with E-state index in [0.29, 0.717) is 16.7 Å². The van der Waals surface area contributed by atoms with E-state index in [4.69, 9.17) is 9.15 Å². The molecule has 2 rings (SSSR count). The van der Waals surface area contributed by atoms with Crippen molar-refractivity contribution in [2.75, 3.05) is 7.11 Å². The van der Waals surface area contributed by atoms with Gasteiger partial charge in [0.15, 0.2) is 10.5 Å². The van der Waals surface area contributed by atoms with E-state index in [1.165, 1.54) is 6.26 Å². The van der Waals surface area contributed by atoms with E-state index in [2.05, 4.69) is 15.9 Å². The van der Waals surface area contributed by atoms with Crippen LogP contribution in [0.25, 0.3) is 0 Å². The summed E-state index contributed by atoms with van der Waals surface area (Å²) in [5.74, 6) is 0.764. The second-order valence-electron chi connectivity index (χ2n) is 3.56. The molecule has 0 aliphatic heterocycles. The third kappa shape index (κ3) is 2.77. The summed E-state index contributed by atoms with van der Waals surface area (Å²) in [5, 5.41) is 0. The molecule has 3 nitrogen and oxygen atoms in total. The van der Waals surface area contributed by atoms with Crippen LogP contribution in [0.5, 0.6) is 5.75 Å². The number of Topliss-reactive ketones (excluding diaryl/α,β-unsaturated/α-hetero) is 1. The summed E-state index contributed by atoms with van der Waals surface area (Å²) in [6, 6.07) is 9.13. The fourth-order valence-corrected chi connectivity index (χ4v) is 2.02. The van der Waals surface area contributed by atoms with Crippen LogP contribution in [0.3, 0.4) is 0 Å². The Morgan fingerprint density at radius 1 is 1.41 bits per heavy atom. The number of ether oxygens (including phenoxy) is 1. The van der Waals surface area contributed by atoms with Crippen molar-refractivity contribution in [3.8, 4) is 5.75 Å². The van der Waals surface area contributed by atoms with Crippen molar-refractivity contribution in [3.05, 3.63) is 52.4 Å². The predicted molar refractivity (Wildman–Crippen MR) is 67.4 cm³/mol. The number of methoxy groups -OCH3 is 1. The summed E-state index contributed by atoms with van der Waals surface area (Å²) < 4.78 is 10.6. The largest absolute Gasteiger partial charge is 0.497 e. The van der Waals surface area contributed by atoms with Crippen molar-refractivity contribution in [1.29, 1.82) is 0 Å². The lowest BCUT2D eigenvalue weighted by Gasteiger charge is -2.03. The van der Waals surface area contributed by atoms with Gasteiger partial charge >= 0.3 is 0 Å². The third-order valence-corrected chi connectivity index (χ3v) is 3.03. The van der Waals surface area contributed by atoms with Crippen molar-refractivity contribution in [2.45, 2.75) is 6.42 Å². The summed E-state index contributed by atoms with van der Waals surface area (Å²) in [7, 11) is 1.60. The quantitative estimate of drug-likeness (QED) is 0.811. The zero-order chi connectivity index (χ0) is 12.3. The maximum atomic E-state index is 12.0. The molecule has 1 heterocycles. The highest BCUT2D eigenvalue weighted by Gasteiger charge is 2.13. The summed E-state index contributed by atoms with van der Waals surface area (Å²) in [6.45, 7) is 0. The molecule has 0 amide bonds. The number of carbonyl (C=O) groups is 1. The minimum atomic E-state index is 0.0129. The number of carbonyl (C=O) groups excluding carboxylic acids is 1. The molecule has 0 N–H and O–H groups in total. The first-order valence-corrected chi connectivity index (χ1v) is 5.89. The van der Waals surface area contributed by atoms with Gasteiger partial charge in [-0.05, 0) is 39.7 Å². The molecule has 0 spiro atoms. The number of benzene rings is 1. The van der Waals surface area contributed by atoms with Crippen molar-refractivity contribution >= 4 is 21.7 Å². The van der Waals surface area contributed by atoms with Gasteiger partial charge in [-0.15, -0.1) is 0 Å². The van der Waals surface area contributed by atoms with Crippen molar-refractivity contribution in [3.63, 3.8) is 0 Å².